The van der Waals surface area contributed by atoms with Gasteiger partial charge in [-0.2, -0.15) is 11.3 Å². The van der Waals surface area contributed by atoms with Crippen molar-refractivity contribution in [1.82, 2.24) is 4.98 Å². The van der Waals surface area contributed by atoms with Gasteiger partial charge in [-0.15, -0.1) is 11.3 Å². The Morgan fingerprint density at radius 1 is 1.20 bits per heavy atom. The summed E-state index contributed by atoms with van der Waals surface area (Å²) < 4.78 is 0. The number of nitrogens with zero attached hydrogens (tertiary/aromatic N) is 1. The van der Waals surface area contributed by atoms with Crippen LogP contribution in [0.5, 0.6) is 0 Å². The number of aromatic nitrogens is 1. The Bertz CT molecular complexity index is 656. The Hall–Kier alpha value is -1.66. The molecule has 20 heavy (non-hydrogen) atoms. The lowest BCUT2D eigenvalue weighted by Gasteiger charge is -2.16. The van der Waals surface area contributed by atoms with E-state index < -0.39 is 11.7 Å². The van der Waals surface area contributed by atoms with Crippen molar-refractivity contribution in [3.05, 3.63) is 27.9 Å². The zero-order valence-electron chi connectivity index (χ0n) is 10.5. The number of carbonyl (C=O) groups excluding carboxylic acids is 3. The first-order valence-electron chi connectivity index (χ1n) is 6.24. The molecule has 0 amide bonds. The maximum Gasteiger partial charge on any atom is 0.199 e. The summed E-state index contributed by atoms with van der Waals surface area (Å²) in [6, 6.07) is 1.93. The van der Waals surface area contributed by atoms with Crippen molar-refractivity contribution in [2.75, 3.05) is 0 Å². The number of carbonyl (C=O) groups is 3. The number of Topliss-reactive ketones (excluding diaryl/α,β-unsaturated/α-hetero) is 3. The predicted molar refractivity (Wildman–Crippen MR) is 77.1 cm³/mol. The Kier molecular flexibility index (Phi) is 3.58. The maximum absolute atomic E-state index is 12.3. The van der Waals surface area contributed by atoms with E-state index in [1.54, 1.807) is 16.7 Å². The first-order chi connectivity index (χ1) is 9.66. The van der Waals surface area contributed by atoms with Crippen LogP contribution in [0.15, 0.2) is 22.2 Å². The van der Waals surface area contributed by atoms with Gasteiger partial charge in [-0.25, -0.2) is 4.98 Å². The molecule has 0 bridgehead atoms. The van der Waals surface area contributed by atoms with E-state index in [-0.39, 0.29) is 17.3 Å². The molecule has 0 saturated heterocycles. The number of thiophene rings is 1. The second-order valence-electron chi connectivity index (χ2n) is 4.63. The van der Waals surface area contributed by atoms with E-state index in [2.05, 4.69) is 4.98 Å². The normalized spacial score (nSPS) is 16.6. The summed E-state index contributed by atoms with van der Waals surface area (Å²) in [6.07, 6.45) is 1.17. The van der Waals surface area contributed by atoms with E-state index >= 15 is 0 Å². The molecule has 0 spiro atoms. The molecule has 0 unspecified atom stereocenters. The molecule has 6 heteroatoms. The van der Waals surface area contributed by atoms with Gasteiger partial charge in [-0.3, -0.25) is 14.4 Å². The third kappa shape index (κ3) is 2.36. The van der Waals surface area contributed by atoms with Gasteiger partial charge in [0.15, 0.2) is 17.3 Å². The number of thiazole rings is 1. The van der Waals surface area contributed by atoms with Crippen molar-refractivity contribution in [2.45, 2.75) is 19.3 Å². The Morgan fingerprint density at radius 3 is 2.60 bits per heavy atom. The minimum absolute atomic E-state index is 0.227. The largest absolute Gasteiger partial charge is 0.298 e. The zero-order chi connectivity index (χ0) is 14.1. The molecule has 1 aliphatic rings. The molecule has 3 rings (SSSR count). The molecule has 0 aliphatic heterocycles. The van der Waals surface area contributed by atoms with Gasteiger partial charge in [0, 0.05) is 29.2 Å². The molecule has 1 aliphatic carbocycles. The smallest absolute Gasteiger partial charge is 0.199 e. The summed E-state index contributed by atoms with van der Waals surface area (Å²) >= 11 is 2.91. The first-order valence-corrected chi connectivity index (χ1v) is 8.07. The fourth-order valence-corrected chi connectivity index (χ4v) is 3.77. The summed E-state index contributed by atoms with van der Waals surface area (Å²) in [5.74, 6) is -2.11. The van der Waals surface area contributed by atoms with Crippen LogP contribution in [0.4, 0.5) is 0 Å². The van der Waals surface area contributed by atoms with Gasteiger partial charge in [0.1, 0.15) is 16.6 Å². The molecule has 4 nitrogen and oxygen atoms in total. The SMILES string of the molecule is O=C1CCCC(=O)C1C(=O)c1csc(-c2ccsc2)n1. The van der Waals surface area contributed by atoms with Crippen LogP contribution >= 0.6 is 22.7 Å². The van der Waals surface area contributed by atoms with Crippen LogP contribution in [0.2, 0.25) is 0 Å². The van der Waals surface area contributed by atoms with Gasteiger partial charge in [0.2, 0.25) is 0 Å². The molecule has 2 heterocycles. The molecule has 0 aromatic carbocycles. The van der Waals surface area contributed by atoms with Gasteiger partial charge >= 0.3 is 0 Å². The highest BCUT2D eigenvalue weighted by Gasteiger charge is 2.37. The molecule has 102 valence electrons. The predicted octanol–water partition coefficient (Wildman–Crippen LogP) is 2.99. The Labute approximate surface area is 123 Å². The van der Waals surface area contributed by atoms with Crippen molar-refractivity contribution >= 4 is 40.0 Å². The average molecular weight is 305 g/mol. The minimum atomic E-state index is -1.12. The molecule has 0 radical (unpaired) electrons. The van der Waals surface area contributed by atoms with Crippen molar-refractivity contribution in [1.29, 1.82) is 0 Å². The second-order valence-corrected chi connectivity index (χ2v) is 6.27. The highest BCUT2D eigenvalue weighted by Crippen LogP contribution is 2.28. The number of hydrogen-bond donors (Lipinski definition) is 0. The lowest BCUT2D eigenvalue weighted by molar-refractivity contribution is -0.133. The summed E-state index contributed by atoms with van der Waals surface area (Å²) in [7, 11) is 0. The highest BCUT2D eigenvalue weighted by molar-refractivity contribution is 7.14. The van der Waals surface area contributed by atoms with E-state index in [1.165, 1.54) is 11.3 Å². The molecular weight excluding hydrogens is 294 g/mol. The number of hydrogen-bond acceptors (Lipinski definition) is 6. The van der Waals surface area contributed by atoms with Crippen molar-refractivity contribution < 1.29 is 14.4 Å². The molecule has 2 aromatic heterocycles. The van der Waals surface area contributed by atoms with Crippen LogP contribution in [0.3, 0.4) is 0 Å². The van der Waals surface area contributed by atoms with Crippen molar-refractivity contribution in [3.63, 3.8) is 0 Å². The third-order valence-electron chi connectivity index (χ3n) is 3.28. The second kappa shape index (κ2) is 5.38. The Morgan fingerprint density at radius 2 is 1.95 bits per heavy atom. The summed E-state index contributed by atoms with van der Waals surface area (Å²) in [4.78, 5) is 40.2. The van der Waals surface area contributed by atoms with Crippen LogP contribution in [0, 0.1) is 5.92 Å². The topological polar surface area (TPSA) is 64.1 Å². The standard InChI is InChI=1S/C14H11NO3S2/c16-10-2-1-3-11(17)12(10)13(18)9-7-20-14(15-9)8-4-5-19-6-8/h4-7,12H,1-3H2. The molecule has 1 saturated carbocycles. The molecule has 1 fully saturated rings. The molecule has 2 aromatic rings. The van der Waals surface area contributed by atoms with Gasteiger partial charge < -0.3 is 0 Å². The lowest BCUT2D eigenvalue weighted by Crippen LogP contribution is -2.35. The molecular formula is C14H11NO3S2. The van der Waals surface area contributed by atoms with Crippen LogP contribution in [-0.4, -0.2) is 22.3 Å². The Balaban J connectivity index is 1.87. The molecule has 0 N–H and O–H groups in total. The van der Waals surface area contributed by atoms with Gasteiger partial charge in [0.25, 0.3) is 0 Å². The van der Waals surface area contributed by atoms with E-state index in [0.29, 0.717) is 19.3 Å². The van der Waals surface area contributed by atoms with E-state index in [4.69, 9.17) is 0 Å². The maximum atomic E-state index is 12.3. The minimum Gasteiger partial charge on any atom is -0.298 e. The average Bonchev–Trinajstić information content (AvgIpc) is 3.09. The monoisotopic (exact) mass is 305 g/mol. The third-order valence-corrected chi connectivity index (χ3v) is 4.85. The zero-order valence-corrected chi connectivity index (χ0v) is 12.1. The van der Waals surface area contributed by atoms with Crippen LogP contribution in [-0.2, 0) is 9.59 Å². The van der Waals surface area contributed by atoms with E-state index in [9.17, 15) is 14.4 Å². The summed E-state index contributed by atoms with van der Waals surface area (Å²) in [5.41, 5.74) is 1.19. The molecule has 0 atom stereocenters. The van der Waals surface area contributed by atoms with Crippen LogP contribution in [0.25, 0.3) is 10.6 Å². The lowest BCUT2D eigenvalue weighted by atomic mass is 9.83. The number of ketones is 3. The van der Waals surface area contributed by atoms with Crippen LogP contribution in [0.1, 0.15) is 29.8 Å². The van der Waals surface area contributed by atoms with Crippen LogP contribution < -0.4 is 0 Å². The fraction of sp³-hybridized carbons (Fsp3) is 0.286. The summed E-state index contributed by atoms with van der Waals surface area (Å²) in [6.45, 7) is 0. The first kappa shape index (κ1) is 13.3. The highest BCUT2D eigenvalue weighted by atomic mass is 32.1. The van der Waals surface area contributed by atoms with E-state index in [0.717, 1.165) is 10.6 Å². The van der Waals surface area contributed by atoms with Crippen molar-refractivity contribution in [2.24, 2.45) is 5.92 Å². The fourth-order valence-electron chi connectivity index (χ4n) is 2.25. The van der Waals surface area contributed by atoms with Gasteiger partial charge in [-0.05, 0) is 17.9 Å². The van der Waals surface area contributed by atoms with Gasteiger partial charge in [-0.1, -0.05) is 0 Å². The number of rotatable bonds is 3. The summed E-state index contributed by atoms with van der Waals surface area (Å²) in [5, 5.41) is 6.26. The quantitative estimate of drug-likeness (QED) is 0.646. The van der Waals surface area contributed by atoms with Crippen molar-refractivity contribution in [3.8, 4) is 10.6 Å². The van der Waals surface area contributed by atoms with E-state index in [1.807, 2.05) is 16.8 Å². The van der Waals surface area contributed by atoms with Gasteiger partial charge in [0.05, 0.1) is 0 Å².